The average molecular weight is 336 g/mol. The molecule has 0 aliphatic carbocycles. The molecule has 2 rings (SSSR count). The number of halogens is 1. The number of rotatable bonds is 6. The van der Waals surface area contributed by atoms with Crippen LogP contribution >= 0.6 is 11.6 Å². The lowest BCUT2D eigenvalue weighted by atomic mass is 10.1. The van der Waals surface area contributed by atoms with Crippen LogP contribution in [0.25, 0.3) is 0 Å². The number of benzene rings is 1. The molecule has 2 N–H and O–H groups in total. The van der Waals surface area contributed by atoms with Gasteiger partial charge in [-0.1, -0.05) is 11.6 Å². The van der Waals surface area contributed by atoms with Gasteiger partial charge in [-0.15, -0.1) is 0 Å². The second-order valence-corrected chi connectivity index (χ2v) is 7.01. The number of ether oxygens (including phenoxy) is 2. The Balaban J connectivity index is 2.27. The predicted octanol–water partition coefficient (Wildman–Crippen LogP) is 1.16. The molecule has 1 unspecified atom stereocenters. The molecule has 1 aromatic carbocycles. The summed E-state index contributed by atoms with van der Waals surface area (Å²) in [6.45, 7) is 1.15. The summed E-state index contributed by atoms with van der Waals surface area (Å²) in [4.78, 5) is -0.0690. The molecule has 0 saturated carbocycles. The molecule has 1 aliphatic rings. The maximum atomic E-state index is 12.4. The Morgan fingerprint density at radius 3 is 2.86 bits per heavy atom. The summed E-state index contributed by atoms with van der Waals surface area (Å²) in [6.07, 6.45) is 0.830. The van der Waals surface area contributed by atoms with Gasteiger partial charge in [0.15, 0.2) is 0 Å². The first-order valence-electron chi connectivity index (χ1n) is 6.52. The van der Waals surface area contributed by atoms with Crippen molar-refractivity contribution in [1.29, 1.82) is 0 Å². The predicted molar refractivity (Wildman–Crippen MR) is 78.0 cm³/mol. The van der Waals surface area contributed by atoms with Crippen molar-refractivity contribution >= 4 is 21.6 Å². The van der Waals surface area contributed by atoms with Gasteiger partial charge in [-0.25, -0.2) is 13.1 Å². The van der Waals surface area contributed by atoms with Crippen molar-refractivity contribution in [3.63, 3.8) is 0 Å². The van der Waals surface area contributed by atoms with E-state index in [1.807, 2.05) is 0 Å². The molecular formula is C13H18ClNO5S. The third kappa shape index (κ3) is 3.87. The number of nitrogens with one attached hydrogen (secondary N) is 1. The Labute approximate surface area is 129 Å². The van der Waals surface area contributed by atoms with Crippen LogP contribution in [-0.4, -0.2) is 40.4 Å². The SMILES string of the molecule is COc1c(CO)cc(Cl)cc1S(=O)(=O)NCC1CCOC1. The maximum absolute atomic E-state index is 12.4. The molecule has 21 heavy (non-hydrogen) atoms. The van der Waals surface area contributed by atoms with E-state index in [-0.39, 0.29) is 28.2 Å². The van der Waals surface area contributed by atoms with Crippen LogP contribution in [0.4, 0.5) is 0 Å². The highest BCUT2D eigenvalue weighted by atomic mass is 35.5. The Morgan fingerprint density at radius 1 is 1.52 bits per heavy atom. The van der Waals surface area contributed by atoms with Crippen molar-refractivity contribution in [1.82, 2.24) is 4.72 Å². The number of hydrogen-bond acceptors (Lipinski definition) is 5. The van der Waals surface area contributed by atoms with Crippen molar-refractivity contribution in [3.05, 3.63) is 22.7 Å². The summed E-state index contributed by atoms with van der Waals surface area (Å²) in [5.74, 6) is 0.277. The third-order valence-corrected chi connectivity index (χ3v) is 4.99. The van der Waals surface area contributed by atoms with Crippen LogP contribution in [0.15, 0.2) is 17.0 Å². The highest BCUT2D eigenvalue weighted by Crippen LogP contribution is 2.31. The highest BCUT2D eigenvalue weighted by Gasteiger charge is 2.25. The zero-order chi connectivity index (χ0) is 15.5. The van der Waals surface area contributed by atoms with Gasteiger partial charge in [0.25, 0.3) is 0 Å². The van der Waals surface area contributed by atoms with Crippen molar-refractivity contribution in [2.45, 2.75) is 17.9 Å². The number of hydrogen-bond donors (Lipinski definition) is 2. The maximum Gasteiger partial charge on any atom is 0.244 e. The summed E-state index contributed by atoms with van der Waals surface area (Å²) in [6, 6.07) is 2.79. The molecule has 0 spiro atoms. The molecule has 1 atom stereocenters. The fourth-order valence-corrected chi connectivity index (χ4v) is 3.88. The van der Waals surface area contributed by atoms with Crippen LogP contribution in [0.1, 0.15) is 12.0 Å². The summed E-state index contributed by atoms with van der Waals surface area (Å²) in [5.41, 5.74) is 0.328. The van der Waals surface area contributed by atoms with Crippen LogP contribution in [0, 0.1) is 5.92 Å². The minimum atomic E-state index is -3.77. The first-order valence-corrected chi connectivity index (χ1v) is 8.38. The lowest BCUT2D eigenvalue weighted by Gasteiger charge is -2.15. The molecule has 1 fully saturated rings. The molecule has 1 aliphatic heterocycles. The summed E-state index contributed by atoms with van der Waals surface area (Å²) in [7, 11) is -2.42. The van der Waals surface area contributed by atoms with E-state index < -0.39 is 10.0 Å². The van der Waals surface area contributed by atoms with E-state index >= 15 is 0 Å². The van der Waals surface area contributed by atoms with Crippen LogP contribution in [0.3, 0.4) is 0 Å². The van der Waals surface area contributed by atoms with Gasteiger partial charge in [0.1, 0.15) is 10.6 Å². The molecule has 6 nitrogen and oxygen atoms in total. The Hall–Kier alpha value is -0.860. The van der Waals surface area contributed by atoms with E-state index in [0.717, 1.165) is 6.42 Å². The second kappa shape index (κ2) is 6.93. The van der Waals surface area contributed by atoms with Crippen molar-refractivity contribution in [2.75, 3.05) is 26.9 Å². The standard InChI is InChI=1S/C13H18ClNO5S/c1-19-13-10(7-16)4-11(14)5-12(13)21(17,18)15-6-9-2-3-20-8-9/h4-5,9,15-16H,2-3,6-8H2,1H3. The van der Waals surface area contributed by atoms with Gasteiger partial charge in [-0.05, 0) is 24.5 Å². The summed E-state index contributed by atoms with van der Waals surface area (Å²) < 4.78 is 37.7. The van der Waals surface area contributed by atoms with Gasteiger partial charge in [-0.2, -0.15) is 0 Å². The van der Waals surface area contributed by atoms with Crippen molar-refractivity contribution < 1.29 is 23.0 Å². The van der Waals surface area contributed by atoms with Crippen LogP contribution in [0.2, 0.25) is 5.02 Å². The molecule has 1 heterocycles. The Morgan fingerprint density at radius 2 is 2.29 bits per heavy atom. The third-order valence-electron chi connectivity index (χ3n) is 3.35. The van der Waals surface area contributed by atoms with Gasteiger partial charge in [0, 0.05) is 23.7 Å². The van der Waals surface area contributed by atoms with Gasteiger partial charge in [-0.3, -0.25) is 0 Å². The molecule has 0 bridgehead atoms. The largest absolute Gasteiger partial charge is 0.495 e. The molecular weight excluding hydrogens is 318 g/mol. The monoisotopic (exact) mass is 335 g/mol. The number of sulfonamides is 1. The Bertz CT molecular complexity index is 599. The molecule has 118 valence electrons. The van der Waals surface area contributed by atoms with E-state index in [1.54, 1.807) is 0 Å². The molecule has 1 aromatic rings. The van der Waals surface area contributed by atoms with E-state index in [1.165, 1.54) is 19.2 Å². The molecule has 8 heteroatoms. The minimum Gasteiger partial charge on any atom is -0.495 e. The second-order valence-electron chi connectivity index (χ2n) is 4.84. The highest BCUT2D eigenvalue weighted by molar-refractivity contribution is 7.89. The van der Waals surface area contributed by atoms with Gasteiger partial charge in [0.2, 0.25) is 10.0 Å². The zero-order valence-corrected chi connectivity index (χ0v) is 13.2. The van der Waals surface area contributed by atoms with Crippen molar-refractivity contribution in [2.24, 2.45) is 5.92 Å². The lowest BCUT2D eigenvalue weighted by molar-refractivity contribution is 0.186. The van der Waals surface area contributed by atoms with E-state index in [4.69, 9.17) is 21.1 Å². The molecule has 0 aromatic heterocycles. The Kier molecular flexibility index (Phi) is 5.45. The van der Waals surface area contributed by atoms with Crippen molar-refractivity contribution in [3.8, 4) is 5.75 Å². The fourth-order valence-electron chi connectivity index (χ4n) is 2.22. The van der Waals surface area contributed by atoms with E-state index in [0.29, 0.717) is 25.3 Å². The number of methoxy groups -OCH3 is 1. The first kappa shape index (κ1) is 16.5. The quantitative estimate of drug-likeness (QED) is 0.814. The topological polar surface area (TPSA) is 84.9 Å². The fraction of sp³-hybridized carbons (Fsp3) is 0.538. The van der Waals surface area contributed by atoms with Crippen LogP contribution < -0.4 is 9.46 Å². The van der Waals surface area contributed by atoms with Gasteiger partial charge < -0.3 is 14.6 Å². The van der Waals surface area contributed by atoms with E-state index in [9.17, 15) is 13.5 Å². The lowest BCUT2D eigenvalue weighted by Crippen LogP contribution is -2.30. The first-order chi connectivity index (χ1) is 9.97. The van der Waals surface area contributed by atoms with Crippen LogP contribution in [0.5, 0.6) is 5.75 Å². The molecule has 0 amide bonds. The van der Waals surface area contributed by atoms with Gasteiger partial charge >= 0.3 is 0 Å². The normalized spacial score (nSPS) is 18.9. The molecule has 1 saturated heterocycles. The van der Waals surface area contributed by atoms with E-state index in [2.05, 4.69) is 4.72 Å². The zero-order valence-electron chi connectivity index (χ0n) is 11.6. The van der Waals surface area contributed by atoms with Gasteiger partial charge in [0.05, 0.1) is 20.3 Å². The smallest absolute Gasteiger partial charge is 0.244 e. The minimum absolute atomic E-state index is 0.0690. The molecule has 0 radical (unpaired) electrons. The number of aliphatic hydroxyl groups excluding tert-OH is 1. The summed E-state index contributed by atoms with van der Waals surface area (Å²) >= 11 is 5.91. The van der Waals surface area contributed by atoms with Crippen LogP contribution in [-0.2, 0) is 21.4 Å². The summed E-state index contributed by atoms with van der Waals surface area (Å²) in [5, 5.41) is 9.52. The number of aliphatic hydroxyl groups is 1. The average Bonchev–Trinajstić information content (AvgIpc) is 2.97.